The summed E-state index contributed by atoms with van der Waals surface area (Å²) >= 11 is 6.18. The minimum Gasteiger partial charge on any atom is -0.489 e. The first-order chi connectivity index (χ1) is 12.0. The Labute approximate surface area is 150 Å². The second kappa shape index (κ2) is 7.40. The molecule has 1 N–H and O–H groups in total. The predicted octanol–water partition coefficient (Wildman–Crippen LogP) is 5.03. The van der Waals surface area contributed by atoms with Crippen molar-refractivity contribution in [3.8, 4) is 17.1 Å². The summed E-state index contributed by atoms with van der Waals surface area (Å²) in [6.45, 7) is 3.84. The molecule has 0 bridgehead atoms. The van der Waals surface area contributed by atoms with E-state index in [4.69, 9.17) is 20.9 Å². The minimum atomic E-state index is -0.375. The van der Waals surface area contributed by atoms with Crippen LogP contribution in [0.2, 0.25) is 5.02 Å². The Bertz CT molecular complexity index is 875. The van der Waals surface area contributed by atoms with Gasteiger partial charge in [0.25, 0.3) is 5.91 Å². The molecule has 25 heavy (non-hydrogen) atoms. The van der Waals surface area contributed by atoms with Crippen molar-refractivity contribution < 1.29 is 14.1 Å². The average Bonchev–Trinajstić information content (AvgIpc) is 3.08. The molecule has 1 amide bonds. The van der Waals surface area contributed by atoms with Crippen LogP contribution in [0.3, 0.4) is 0 Å². The molecule has 1 aromatic heterocycles. The van der Waals surface area contributed by atoms with Gasteiger partial charge in [-0.05, 0) is 32.0 Å². The van der Waals surface area contributed by atoms with Crippen molar-refractivity contribution in [1.29, 1.82) is 0 Å². The number of nitrogens with zero attached hydrogens (tertiary/aromatic N) is 1. The van der Waals surface area contributed by atoms with Gasteiger partial charge in [-0.3, -0.25) is 4.79 Å². The number of amides is 1. The van der Waals surface area contributed by atoms with Crippen LogP contribution in [0, 0.1) is 0 Å². The third kappa shape index (κ3) is 4.19. The van der Waals surface area contributed by atoms with E-state index in [9.17, 15) is 4.79 Å². The van der Waals surface area contributed by atoms with Gasteiger partial charge in [-0.1, -0.05) is 47.1 Å². The lowest BCUT2D eigenvalue weighted by atomic mass is 10.1. The number of benzene rings is 2. The normalized spacial score (nSPS) is 10.7. The first kappa shape index (κ1) is 17.0. The van der Waals surface area contributed by atoms with Crippen molar-refractivity contribution in [2.24, 2.45) is 0 Å². The molecular formula is C19H17ClN2O3. The highest BCUT2D eigenvalue weighted by molar-refractivity contribution is 6.32. The maximum atomic E-state index is 12.3. The fraction of sp³-hybridized carbons (Fsp3) is 0.158. The van der Waals surface area contributed by atoms with Crippen LogP contribution < -0.4 is 10.1 Å². The lowest BCUT2D eigenvalue weighted by Crippen LogP contribution is -2.12. The molecule has 0 aliphatic carbocycles. The molecule has 0 radical (unpaired) electrons. The summed E-state index contributed by atoms with van der Waals surface area (Å²) in [5, 5.41) is 6.99. The van der Waals surface area contributed by atoms with Gasteiger partial charge in [0.1, 0.15) is 5.75 Å². The van der Waals surface area contributed by atoms with Gasteiger partial charge in [0.15, 0.2) is 11.5 Å². The highest BCUT2D eigenvalue weighted by Crippen LogP contribution is 2.29. The van der Waals surface area contributed by atoms with Crippen LogP contribution in [0.1, 0.15) is 24.3 Å². The first-order valence-corrected chi connectivity index (χ1v) is 8.20. The third-order valence-corrected chi connectivity index (χ3v) is 3.65. The highest BCUT2D eigenvalue weighted by atomic mass is 35.5. The zero-order valence-electron chi connectivity index (χ0n) is 13.8. The molecule has 0 unspecified atom stereocenters. The molecule has 0 fully saturated rings. The number of hydrogen-bond acceptors (Lipinski definition) is 4. The number of aromatic nitrogens is 1. The van der Waals surface area contributed by atoms with Crippen LogP contribution in [-0.2, 0) is 0 Å². The zero-order chi connectivity index (χ0) is 17.8. The third-order valence-electron chi connectivity index (χ3n) is 3.35. The Morgan fingerprint density at radius 2 is 1.92 bits per heavy atom. The number of rotatable bonds is 5. The Balaban J connectivity index is 1.72. The van der Waals surface area contributed by atoms with Crippen molar-refractivity contribution in [3.05, 3.63) is 65.3 Å². The van der Waals surface area contributed by atoms with Gasteiger partial charge in [-0.2, -0.15) is 0 Å². The highest BCUT2D eigenvalue weighted by Gasteiger charge is 2.14. The Morgan fingerprint density at radius 3 is 2.60 bits per heavy atom. The largest absolute Gasteiger partial charge is 0.489 e. The second-order valence-corrected chi connectivity index (χ2v) is 6.12. The molecule has 1 heterocycles. The van der Waals surface area contributed by atoms with Crippen LogP contribution >= 0.6 is 11.6 Å². The van der Waals surface area contributed by atoms with Crippen LogP contribution in [-0.4, -0.2) is 17.2 Å². The maximum Gasteiger partial charge on any atom is 0.277 e. The van der Waals surface area contributed by atoms with E-state index in [-0.39, 0.29) is 17.7 Å². The van der Waals surface area contributed by atoms with Crippen LogP contribution in [0.4, 0.5) is 5.69 Å². The van der Waals surface area contributed by atoms with Gasteiger partial charge in [-0.25, -0.2) is 0 Å². The molecule has 2 aromatic carbocycles. The fourth-order valence-corrected chi connectivity index (χ4v) is 2.47. The summed E-state index contributed by atoms with van der Waals surface area (Å²) in [7, 11) is 0. The zero-order valence-corrected chi connectivity index (χ0v) is 14.6. The van der Waals surface area contributed by atoms with Gasteiger partial charge in [0.2, 0.25) is 0 Å². The van der Waals surface area contributed by atoms with E-state index < -0.39 is 0 Å². The van der Waals surface area contributed by atoms with Crippen LogP contribution in [0.15, 0.2) is 59.1 Å². The Hall–Kier alpha value is -2.79. The molecule has 0 saturated carbocycles. The number of ether oxygens (including phenoxy) is 1. The summed E-state index contributed by atoms with van der Waals surface area (Å²) in [5.41, 5.74) is 1.60. The van der Waals surface area contributed by atoms with Crippen molar-refractivity contribution in [1.82, 2.24) is 5.16 Å². The second-order valence-electron chi connectivity index (χ2n) is 5.71. The fourth-order valence-electron chi connectivity index (χ4n) is 2.24. The van der Waals surface area contributed by atoms with Crippen molar-refractivity contribution in [2.75, 3.05) is 5.32 Å². The molecule has 3 rings (SSSR count). The lowest BCUT2D eigenvalue weighted by molar-refractivity contribution is 0.101. The standard InChI is InChI=1S/C19H17ClN2O3/c1-12(2)24-17-9-8-14(10-15(17)20)21-19(23)16-11-18(25-22-16)13-6-4-3-5-7-13/h3-12H,1-2H3,(H,21,23). The molecule has 0 spiro atoms. The molecule has 128 valence electrons. The number of nitrogens with one attached hydrogen (secondary N) is 1. The predicted molar refractivity (Wildman–Crippen MR) is 97.1 cm³/mol. The molecule has 0 atom stereocenters. The quantitative estimate of drug-likeness (QED) is 0.696. The summed E-state index contributed by atoms with van der Waals surface area (Å²) in [5.74, 6) is 0.728. The summed E-state index contributed by atoms with van der Waals surface area (Å²) in [4.78, 5) is 12.3. The van der Waals surface area contributed by atoms with Gasteiger partial charge >= 0.3 is 0 Å². The number of hydrogen-bond donors (Lipinski definition) is 1. The summed E-state index contributed by atoms with van der Waals surface area (Å²) in [6.07, 6.45) is 0.0180. The van der Waals surface area contributed by atoms with E-state index in [0.29, 0.717) is 22.2 Å². The van der Waals surface area contributed by atoms with Crippen LogP contribution in [0.25, 0.3) is 11.3 Å². The van der Waals surface area contributed by atoms with E-state index in [1.54, 1.807) is 24.3 Å². The average molecular weight is 357 g/mol. The topological polar surface area (TPSA) is 64.4 Å². The van der Waals surface area contributed by atoms with E-state index in [2.05, 4.69) is 10.5 Å². The van der Waals surface area contributed by atoms with Crippen LogP contribution in [0.5, 0.6) is 5.75 Å². The number of anilines is 1. The Morgan fingerprint density at radius 1 is 1.16 bits per heavy atom. The van der Waals surface area contributed by atoms with Gasteiger partial charge in [0.05, 0.1) is 11.1 Å². The molecular weight excluding hydrogens is 340 g/mol. The molecule has 0 aliphatic rings. The number of halogens is 1. The van der Waals surface area contributed by atoms with E-state index >= 15 is 0 Å². The Kier molecular flexibility index (Phi) is 5.05. The van der Waals surface area contributed by atoms with Crippen molar-refractivity contribution in [3.63, 3.8) is 0 Å². The number of carbonyl (C=O) groups is 1. The first-order valence-electron chi connectivity index (χ1n) is 7.82. The van der Waals surface area contributed by atoms with E-state index in [1.165, 1.54) is 0 Å². The van der Waals surface area contributed by atoms with Crippen molar-refractivity contribution >= 4 is 23.2 Å². The summed E-state index contributed by atoms with van der Waals surface area (Å²) in [6, 6.07) is 16.1. The van der Waals surface area contributed by atoms with Gasteiger partial charge < -0.3 is 14.6 Å². The molecule has 0 aliphatic heterocycles. The molecule has 6 heteroatoms. The SMILES string of the molecule is CC(C)Oc1ccc(NC(=O)c2cc(-c3ccccc3)on2)cc1Cl. The number of carbonyl (C=O) groups excluding carboxylic acids is 1. The van der Waals surface area contributed by atoms with E-state index in [1.807, 2.05) is 44.2 Å². The summed E-state index contributed by atoms with van der Waals surface area (Å²) < 4.78 is 10.8. The lowest BCUT2D eigenvalue weighted by Gasteiger charge is -2.12. The maximum absolute atomic E-state index is 12.3. The smallest absolute Gasteiger partial charge is 0.277 e. The van der Waals surface area contributed by atoms with Gasteiger partial charge in [0, 0.05) is 17.3 Å². The van der Waals surface area contributed by atoms with Gasteiger partial charge in [-0.15, -0.1) is 0 Å². The monoisotopic (exact) mass is 356 g/mol. The molecule has 5 nitrogen and oxygen atoms in total. The molecule has 0 saturated heterocycles. The minimum absolute atomic E-state index is 0.0180. The van der Waals surface area contributed by atoms with E-state index in [0.717, 1.165) is 5.56 Å². The molecule has 3 aromatic rings. The van der Waals surface area contributed by atoms with Crippen molar-refractivity contribution in [2.45, 2.75) is 20.0 Å².